The van der Waals surface area contributed by atoms with Gasteiger partial charge in [0, 0.05) is 35.6 Å². The molecule has 3 aromatic rings. The van der Waals surface area contributed by atoms with Gasteiger partial charge in [-0.25, -0.2) is 0 Å². The smallest absolute Gasteiger partial charge is 0.254 e. The van der Waals surface area contributed by atoms with Crippen LogP contribution < -0.4 is 5.32 Å². The lowest BCUT2D eigenvalue weighted by atomic mass is 10.0. The highest BCUT2D eigenvalue weighted by Gasteiger charge is 2.24. The van der Waals surface area contributed by atoms with E-state index in [9.17, 15) is 9.59 Å². The van der Waals surface area contributed by atoms with Gasteiger partial charge >= 0.3 is 0 Å². The number of benzene rings is 2. The molecule has 1 aliphatic rings. The maximum Gasteiger partial charge on any atom is 0.254 e. The number of hydrogen-bond donors (Lipinski definition) is 1. The molecule has 0 bridgehead atoms. The maximum absolute atomic E-state index is 13.1. The van der Waals surface area contributed by atoms with E-state index in [0.717, 1.165) is 24.1 Å². The summed E-state index contributed by atoms with van der Waals surface area (Å²) in [6, 6.07) is 15.9. The van der Waals surface area contributed by atoms with Gasteiger partial charge < -0.3 is 10.2 Å². The van der Waals surface area contributed by atoms with Crippen LogP contribution in [-0.2, 0) is 24.2 Å². The lowest BCUT2D eigenvalue weighted by Gasteiger charge is -2.28. The van der Waals surface area contributed by atoms with Gasteiger partial charge in [0.05, 0.1) is 0 Å². The van der Waals surface area contributed by atoms with Gasteiger partial charge in [0.15, 0.2) is 0 Å². The number of nitrogens with zero attached hydrogens (tertiary/aromatic N) is 1. The number of carbonyl (C=O) groups excluding carboxylic acids is 2. The number of carbonyl (C=O) groups is 2. The van der Waals surface area contributed by atoms with Crippen LogP contribution in [0.3, 0.4) is 0 Å². The monoisotopic (exact) mass is 418 g/mol. The zero-order valence-electron chi connectivity index (χ0n) is 17.4. The third-order valence-electron chi connectivity index (χ3n) is 5.69. The molecule has 0 unspecified atom stereocenters. The Morgan fingerprint density at radius 2 is 1.87 bits per heavy atom. The van der Waals surface area contributed by atoms with E-state index in [1.807, 2.05) is 30.0 Å². The van der Waals surface area contributed by atoms with Crippen molar-refractivity contribution in [1.29, 1.82) is 0 Å². The van der Waals surface area contributed by atoms with Crippen LogP contribution in [0.1, 0.15) is 43.9 Å². The molecule has 30 heavy (non-hydrogen) atoms. The van der Waals surface area contributed by atoms with E-state index in [0.29, 0.717) is 30.6 Å². The minimum atomic E-state index is -0.0378. The molecule has 1 aliphatic heterocycles. The lowest BCUT2D eigenvalue weighted by Crippen LogP contribution is -2.35. The molecule has 0 aliphatic carbocycles. The van der Waals surface area contributed by atoms with Crippen LogP contribution in [0.5, 0.6) is 0 Å². The van der Waals surface area contributed by atoms with Crippen molar-refractivity contribution in [3.8, 4) is 0 Å². The Labute approximate surface area is 181 Å². The Bertz CT molecular complexity index is 1070. The van der Waals surface area contributed by atoms with Gasteiger partial charge in [0.25, 0.3) is 5.91 Å². The zero-order chi connectivity index (χ0) is 21.1. The van der Waals surface area contributed by atoms with Crippen molar-refractivity contribution in [3.63, 3.8) is 0 Å². The number of anilines is 1. The molecule has 0 saturated heterocycles. The van der Waals surface area contributed by atoms with Crippen molar-refractivity contribution in [2.24, 2.45) is 0 Å². The van der Waals surface area contributed by atoms with Crippen molar-refractivity contribution in [2.45, 2.75) is 39.7 Å². The summed E-state index contributed by atoms with van der Waals surface area (Å²) < 4.78 is 0. The normalized spacial score (nSPS) is 13.1. The highest BCUT2D eigenvalue weighted by molar-refractivity contribution is 7.10. The topological polar surface area (TPSA) is 49.4 Å². The summed E-state index contributed by atoms with van der Waals surface area (Å²) in [4.78, 5) is 28.9. The summed E-state index contributed by atoms with van der Waals surface area (Å²) in [5.74, 6) is -0.00994. The molecular formula is C25H26N2O2S. The van der Waals surface area contributed by atoms with Crippen molar-refractivity contribution >= 4 is 28.8 Å². The van der Waals surface area contributed by atoms with Gasteiger partial charge in [-0.2, -0.15) is 0 Å². The number of amides is 2. The van der Waals surface area contributed by atoms with E-state index in [-0.39, 0.29) is 11.8 Å². The zero-order valence-corrected chi connectivity index (χ0v) is 18.2. The number of thiophene rings is 1. The van der Waals surface area contributed by atoms with E-state index in [4.69, 9.17) is 0 Å². The molecule has 2 heterocycles. The SMILES string of the molecule is Cc1ccc(CCC(=O)Nc2cccc(C(=O)N3CCc4sccc4C3)c2C)cc1. The second-order valence-corrected chi connectivity index (χ2v) is 8.86. The average Bonchev–Trinajstić information content (AvgIpc) is 3.22. The lowest BCUT2D eigenvalue weighted by molar-refractivity contribution is -0.116. The summed E-state index contributed by atoms with van der Waals surface area (Å²) in [5, 5.41) is 5.09. The van der Waals surface area contributed by atoms with Crippen LogP contribution in [0, 0.1) is 13.8 Å². The largest absolute Gasteiger partial charge is 0.334 e. The van der Waals surface area contributed by atoms with Gasteiger partial charge in [-0.05, 0) is 67.0 Å². The summed E-state index contributed by atoms with van der Waals surface area (Å²) >= 11 is 1.77. The first-order valence-electron chi connectivity index (χ1n) is 10.3. The highest BCUT2D eigenvalue weighted by Crippen LogP contribution is 2.27. The Hall–Kier alpha value is -2.92. The van der Waals surface area contributed by atoms with Crippen molar-refractivity contribution in [2.75, 3.05) is 11.9 Å². The van der Waals surface area contributed by atoms with E-state index in [1.54, 1.807) is 11.3 Å². The molecular weight excluding hydrogens is 392 g/mol. The van der Waals surface area contributed by atoms with E-state index in [1.165, 1.54) is 16.0 Å². The molecule has 2 amide bonds. The van der Waals surface area contributed by atoms with Crippen LogP contribution in [-0.4, -0.2) is 23.3 Å². The Morgan fingerprint density at radius 1 is 1.07 bits per heavy atom. The molecule has 0 atom stereocenters. The fourth-order valence-electron chi connectivity index (χ4n) is 3.82. The number of aryl methyl sites for hydroxylation is 2. The second kappa shape index (κ2) is 8.84. The number of fused-ring (bicyclic) bond motifs is 1. The average molecular weight is 419 g/mol. The molecule has 0 fully saturated rings. The fraction of sp³-hybridized carbons (Fsp3) is 0.280. The number of nitrogens with one attached hydrogen (secondary N) is 1. The summed E-state index contributed by atoms with van der Waals surface area (Å²) in [6.45, 7) is 5.35. The predicted molar refractivity (Wildman–Crippen MR) is 122 cm³/mol. The Balaban J connectivity index is 1.41. The molecule has 1 N–H and O–H groups in total. The fourth-order valence-corrected chi connectivity index (χ4v) is 4.71. The first-order valence-corrected chi connectivity index (χ1v) is 11.2. The summed E-state index contributed by atoms with van der Waals surface area (Å²) in [6.07, 6.45) is 2.02. The minimum Gasteiger partial charge on any atom is -0.334 e. The van der Waals surface area contributed by atoms with Crippen molar-refractivity contribution in [1.82, 2.24) is 4.90 Å². The highest BCUT2D eigenvalue weighted by atomic mass is 32.1. The molecule has 1 aromatic heterocycles. The van der Waals surface area contributed by atoms with Crippen LogP contribution >= 0.6 is 11.3 Å². The minimum absolute atomic E-state index is 0.0279. The van der Waals surface area contributed by atoms with Crippen LogP contribution in [0.15, 0.2) is 53.9 Å². The first kappa shape index (κ1) is 20.4. The van der Waals surface area contributed by atoms with Gasteiger partial charge in [-0.15, -0.1) is 11.3 Å². The van der Waals surface area contributed by atoms with Crippen molar-refractivity contribution in [3.05, 3.63) is 86.6 Å². The molecule has 154 valence electrons. The molecule has 4 rings (SSSR count). The van der Waals surface area contributed by atoms with Gasteiger partial charge in [-0.1, -0.05) is 35.9 Å². The molecule has 0 radical (unpaired) electrons. The van der Waals surface area contributed by atoms with Gasteiger partial charge in [0.1, 0.15) is 0 Å². The quantitative estimate of drug-likeness (QED) is 0.624. The maximum atomic E-state index is 13.1. The molecule has 4 nitrogen and oxygen atoms in total. The standard InChI is InChI=1S/C25H26N2O2S/c1-17-6-8-19(9-7-17)10-11-24(28)26-22-5-3-4-21(18(22)2)25(29)27-14-12-23-20(16-27)13-15-30-23/h3-9,13,15H,10-12,14,16H2,1-2H3,(H,26,28). The number of hydrogen-bond acceptors (Lipinski definition) is 3. The Kier molecular flexibility index (Phi) is 6.00. The van der Waals surface area contributed by atoms with Gasteiger partial charge in [0.2, 0.25) is 5.91 Å². The summed E-state index contributed by atoms with van der Waals surface area (Å²) in [5.41, 5.74) is 5.80. The van der Waals surface area contributed by atoms with Crippen LogP contribution in [0.25, 0.3) is 0 Å². The second-order valence-electron chi connectivity index (χ2n) is 7.86. The van der Waals surface area contributed by atoms with E-state index < -0.39 is 0 Å². The molecule has 2 aromatic carbocycles. The first-order chi connectivity index (χ1) is 14.5. The van der Waals surface area contributed by atoms with Gasteiger partial charge in [-0.3, -0.25) is 9.59 Å². The third kappa shape index (κ3) is 4.46. The van der Waals surface area contributed by atoms with E-state index in [2.05, 4.69) is 48.0 Å². The van der Waals surface area contributed by atoms with E-state index >= 15 is 0 Å². The number of rotatable bonds is 5. The van der Waals surface area contributed by atoms with Crippen LogP contribution in [0.2, 0.25) is 0 Å². The molecule has 0 saturated carbocycles. The molecule has 5 heteroatoms. The summed E-state index contributed by atoms with van der Waals surface area (Å²) in [7, 11) is 0. The Morgan fingerprint density at radius 3 is 2.67 bits per heavy atom. The predicted octanol–water partition coefficient (Wildman–Crippen LogP) is 5.13. The molecule has 0 spiro atoms. The van der Waals surface area contributed by atoms with Crippen molar-refractivity contribution < 1.29 is 9.59 Å². The third-order valence-corrected chi connectivity index (χ3v) is 6.72. The van der Waals surface area contributed by atoms with Crippen LogP contribution in [0.4, 0.5) is 5.69 Å².